The van der Waals surface area contributed by atoms with Crippen molar-refractivity contribution < 1.29 is 19.1 Å². The molecule has 6 nitrogen and oxygen atoms in total. The van der Waals surface area contributed by atoms with Crippen molar-refractivity contribution in [2.75, 3.05) is 19.0 Å². The fourth-order valence-corrected chi connectivity index (χ4v) is 4.02. The smallest absolute Gasteiger partial charge is 0.341 e. The molecule has 33 heavy (non-hydrogen) atoms. The third-order valence-corrected chi connectivity index (χ3v) is 5.71. The lowest BCUT2D eigenvalue weighted by Gasteiger charge is -2.08. The van der Waals surface area contributed by atoms with Crippen LogP contribution in [0.5, 0.6) is 5.75 Å². The maximum Gasteiger partial charge on any atom is 0.341 e. The molecule has 0 aliphatic carbocycles. The van der Waals surface area contributed by atoms with Crippen molar-refractivity contribution in [3.05, 3.63) is 76.7 Å². The lowest BCUT2D eigenvalue weighted by atomic mass is 10.0. The van der Waals surface area contributed by atoms with E-state index in [9.17, 15) is 14.9 Å². The molecule has 0 aliphatic rings. The lowest BCUT2D eigenvalue weighted by Crippen LogP contribution is -2.15. The van der Waals surface area contributed by atoms with Gasteiger partial charge in [-0.2, -0.15) is 5.26 Å². The Balaban J connectivity index is 1.81. The molecule has 0 spiro atoms. The molecule has 3 aromatic rings. The summed E-state index contributed by atoms with van der Waals surface area (Å²) in [6, 6.07) is 18.5. The fourth-order valence-electron chi connectivity index (χ4n) is 3.07. The average Bonchev–Trinajstić information content (AvgIpc) is 3.27. The number of carbonyl (C=O) groups is 2. The molecule has 1 aromatic heterocycles. The van der Waals surface area contributed by atoms with Crippen LogP contribution in [0.1, 0.15) is 35.7 Å². The first kappa shape index (κ1) is 23.8. The number of thiophene rings is 1. The van der Waals surface area contributed by atoms with Gasteiger partial charge in [-0.1, -0.05) is 55.8 Å². The zero-order valence-corrected chi connectivity index (χ0v) is 19.3. The minimum absolute atomic E-state index is 0.0832. The Hall–Kier alpha value is -3.89. The Morgan fingerprint density at radius 2 is 1.85 bits per heavy atom. The predicted octanol–water partition coefficient (Wildman–Crippen LogP) is 5.93. The highest BCUT2D eigenvalue weighted by atomic mass is 32.1. The van der Waals surface area contributed by atoms with Crippen molar-refractivity contribution in [3.8, 4) is 22.9 Å². The number of hydrogen-bond acceptors (Lipinski definition) is 6. The third-order valence-electron chi connectivity index (χ3n) is 4.82. The van der Waals surface area contributed by atoms with E-state index in [1.54, 1.807) is 29.6 Å². The van der Waals surface area contributed by atoms with E-state index in [4.69, 9.17) is 9.47 Å². The number of unbranched alkanes of at least 4 members (excludes halogenated alkanes) is 1. The summed E-state index contributed by atoms with van der Waals surface area (Å²) >= 11 is 1.20. The summed E-state index contributed by atoms with van der Waals surface area (Å²) in [6.45, 7) is 2.74. The topological polar surface area (TPSA) is 88.4 Å². The van der Waals surface area contributed by atoms with Crippen LogP contribution < -0.4 is 10.1 Å². The summed E-state index contributed by atoms with van der Waals surface area (Å²) in [5.74, 6) is -0.433. The van der Waals surface area contributed by atoms with Gasteiger partial charge in [0.25, 0.3) is 5.91 Å². The minimum atomic E-state index is -0.604. The van der Waals surface area contributed by atoms with Crippen LogP contribution in [0.15, 0.2) is 65.6 Å². The van der Waals surface area contributed by atoms with Gasteiger partial charge in [-0.05, 0) is 35.8 Å². The lowest BCUT2D eigenvalue weighted by molar-refractivity contribution is -0.112. The van der Waals surface area contributed by atoms with E-state index in [-0.39, 0.29) is 11.1 Å². The predicted molar refractivity (Wildman–Crippen MR) is 130 cm³/mol. The Bertz CT molecular complexity index is 1180. The zero-order chi connectivity index (χ0) is 23.6. The molecule has 168 valence electrons. The summed E-state index contributed by atoms with van der Waals surface area (Å²) < 4.78 is 10.6. The van der Waals surface area contributed by atoms with Crippen LogP contribution in [0.25, 0.3) is 17.2 Å². The van der Waals surface area contributed by atoms with Gasteiger partial charge in [-0.15, -0.1) is 11.3 Å². The van der Waals surface area contributed by atoms with Crippen molar-refractivity contribution >= 4 is 34.3 Å². The number of nitrogens with zero attached hydrogens (tertiary/aromatic N) is 1. The molecule has 0 atom stereocenters. The summed E-state index contributed by atoms with van der Waals surface area (Å²) in [7, 11) is 1.29. The van der Waals surface area contributed by atoms with Crippen molar-refractivity contribution in [2.24, 2.45) is 0 Å². The summed E-state index contributed by atoms with van der Waals surface area (Å²) in [5, 5.41) is 14.4. The molecule has 0 fully saturated rings. The number of nitriles is 1. The largest absolute Gasteiger partial charge is 0.494 e. The van der Waals surface area contributed by atoms with Gasteiger partial charge < -0.3 is 14.8 Å². The van der Waals surface area contributed by atoms with Gasteiger partial charge in [0.1, 0.15) is 28.0 Å². The number of hydrogen-bond donors (Lipinski definition) is 1. The Morgan fingerprint density at radius 3 is 2.48 bits per heavy atom. The van der Waals surface area contributed by atoms with Crippen LogP contribution >= 0.6 is 11.3 Å². The van der Waals surface area contributed by atoms with E-state index in [1.807, 2.05) is 36.4 Å². The van der Waals surface area contributed by atoms with Crippen LogP contribution in [0.2, 0.25) is 0 Å². The molecular formula is C26H24N2O4S. The molecule has 0 saturated heterocycles. The van der Waals surface area contributed by atoms with Crippen LogP contribution in [0.4, 0.5) is 5.00 Å². The number of benzene rings is 2. The van der Waals surface area contributed by atoms with E-state index in [2.05, 4.69) is 12.2 Å². The number of amides is 1. The first-order valence-electron chi connectivity index (χ1n) is 10.5. The molecule has 1 amide bonds. The van der Waals surface area contributed by atoms with E-state index in [0.29, 0.717) is 22.7 Å². The normalized spacial score (nSPS) is 10.9. The van der Waals surface area contributed by atoms with Crippen LogP contribution in [-0.4, -0.2) is 25.6 Å². The number of carbonyl (C=O) groups excluding carboxylic acids is 2. The van der Waals surface area contributed by atoms with Gasteiger partial charge in [-0.3, -0.25) is 4.79 Å². The number of rotatable bonds is 9. The van der Waals surface area contributed by atoms with E-state index in [0.717, 1.165) is 24.2 Å². The molecule has 0 radical (unpaired) electrons. The molecule has 0 unspecified atom stereocenters. The highest BCUT2D eigenvalue weighted by Crippen LogP contribution is 2.36. The SMILES string of the molecule is CCCCOc1ccc(/C=C(\C#N)C(=O)Nc2scc(-c3ccccc3)c2C(=O)OC)cc1. The molecule has 0 aliphatic heterocycles. The van der Waals surface area contributed by atoms with Gasteiger partial charge in [0.2, 0.25) is 0 Å². The molecule has 2 aromatic carbocycles. The number of methoxy groups -OCH3 is 1. The highest BCUT2D eigenvalue weighted by molar-refractivity contribution is 7.15. The number of anilines is 1. The summed E-state index contributed by atoms with van der Waals surface area (Å²) in [4.78, 5) is 25.3. The maximum atomic E-state index is 12.8. The van der Waals surface area contributed by atoms with Gasteiger partial charge in [0, 0.05) is 10.9 Å². The van der Waals surface area contributed by atoms with Crippen molar-refractivity contribution in [2.45, 2.75) is 19.8 Å². The summed E-state index contributed by atoms with van der Waals surface area (Å²) in [6.07, 6.45) is 3.52. The van der Waals surface area contributed by atoms with Crippen LogP contribution in [0.3, 0.4) is 0 Å². The van der Waals surface area contributed by atoms with Crippen molar-refractivity contribution in [3.63, 3.8) is 0 Å². The minimum Gasteiger partial charge on any atom is -0.494 e. The van der Waals surface area contributed by atoms with Crippen LogP contribution in [-0.2, 0) is 9.53 Å². The second kappa shape index (κ2) is 11.7. The monoisotopic (exact) mass is 460 g/mol. The number of nitrogens with one attached hydrogen (secondary N) is 1. The van der Waals surface area contributed by atoms with E-state index in [1.165, 1.54) is 24.5 Å². The zero-order valence-electron chi connectivity index (χ0n) is 18.5. The standard InChI is InChI=1S/C26H24N2O4S/c1-3-4-14-32-21-12-10-18(11-13-21)15-20(16-27)24(29)28-25-23(26(30)31-2)22(17-33-25)19-8-6-5-7-9-19/h5-13,15,17H,3-4,14H2,1-2H3,(H,28,29)/b20-15+. The molecule has 1 N–H and O–H groups in total. The average molecular weight is 461 g/mol. The van der Waals surface area contributed by atoms with Crippen molar-refractivity contribution in [1.82, 2.24) is 0 Å². The molecule has 7 heteroatoms. The molecule has 3 rings (SSSR count). The highest BCUT2D eigenvalue weighted by Gasteiger charge is 2.23. The fraction of sp³-hybridized carbons (Fsp3) is 0.192. The second-order valence-corrected chi connectivity index (χ2v) is 7.99. The van der Waals surface area contributed by atoms with Crippen molar-refractivity contribution in [1.29, 1.82) is 5.26 Å². The third kappa shape index (κ3) is 6.09. The molecule has 0 bridgehead atoms. The van der Waals surface area contributed by atoms with Crippen LogP contribution in [0, 0.1) is 11.3 Å². The Labute approximate surface area is 197 Å². The Kier molecular flexibility index (Phi) is 8.39. The first-order chi connectivity index (χ1) is 16.1. The first-order valence-corrected chi connectivity index (χ1v) is 11.4. The second-order valence-electron chi connectivity index (χ2n) is 7.11. The van der Waals surface area contributed by atoms with Gasteiger partial charge in [0.15, 0.2) is 0 Å². The van der Waals surface area contributed by atoms with Gasteiger partial charge in [0.05, 0.1) is 13.7 Å². The van der Waals surface area contributed by atoms with E-state index < -0.39 is 11.9 Å². The quantitative estimate of drug-likeness (QED) is 0.185. The van der Waals surface area contributed by atoms with Gasteiger partial charge in [-0.25, -0.2) is 4.79 Å². The van der Waals surface area contributed by atoms with Gasteiger partial charge >= 0.3 is 5.97 Å². The molecule has 1 heterocycles. The Morgan fingerprint density at radius 1 is 1.12 bits per heavy atom. The number of ether oxygens (including phenoxy) is 2. The van der Waals surface area contributed by atoms with E-state index >= 15 is 0 Å². The maximum absolute atomic E-state index is 12.8. The molecule has 0 saturated carbocycles. The molecular weight excluding hydrogens is 436 g/mol. The summed E-state index contributed by atoms with van der Waals surface area (Å²) in [5.41, 5.74) is 2.35. The number of esters is 1.